The van der Waals surface area contributed by atoms with E-state index in [2.05, 4.69) is 11.4 Å². The first-order chi connectivity index (χ1) is 17.9. The van der Waals surface area contributed by atoms with Gasteiger partial charge in [0.25, 0.3) is 0 Å². The number of aliphatic hydroxyl groups is 1. The number of nitrogens with zero attached hydrogens (tertiary/aromatic N) is 1. The van der Waals surface area contributed by atoms with E-state index in [4.69, 9.17) is 24.2 Å². The summed E-state index contributed by atoms with van der Waals surface area (Å²) in [5.74, 6) is 0.981. The van der Waals surface area contributed by atoms with Crippen LogP contribution in [0.25, 0.3) is 0 Å². The van der Waals surface area contributed by atoms with Crippen LogP contribution in [0, 0.1) is 11.3 Å². The van der Waals surface area contributed by atoms with Gasteiger partial charge in [-0.25, -0.2) is 0 Å². The van der Waals surface area contributed by atoms with Crippen molar-refractivity contribution in [3.05, 3.63) is 94.5 Å². The molecule has 37 heavy (non-hydrogen) atoms. The maximum absolute atomic E-state index is 10.6. The summed E-state index contributed by atoms with van der Waals surface area (Å²) in [4.78, 5) is 0. The van der Waals surface area contributed by atoms with Gasteiger partial charge < -0.3 is 29.4 Å². The third-order valence-electron chi connectivity index (χ3n) is 6.07. The van der Waals surface area contributed by atoms with Gasteiger partial charge in [0.05, 0.1) is 37.6 Å². The lowest BCUT2D eigenvalue weighted by Gasteiger charge is -2.33. The topological polar surface area (TPSA) is 93.0 Å². The number of nitriles is 1. The molecule has 3 aromatic carbocycles. The minimum absolute atomic E-state index is 0.452. The Labute approximate surface area is 218 Å². The standard InChI is InChI=1S/C30H34N2O5/c1-30(2)36-21-26-17-25(8-11-29(26)37-30)28(33)19-32-13-12-22-6-9-27(10-7-22)35-15-14-34-20-24-5-3-4-23(16-24)18-31/h3-11,16-17,28,32-33H,12-15,19-21H2,1-2H3. The first-order valence-electron chi connectivity index (χ1n) is 12.5. The molecule has 1 aliphatic rings. The van der Waals surface area contributed by atoms with Crippen molar-refractivity contribution in [1.29, 1.82) is 5.26 Å². The fourth-order valence-corrected chi connectivity index (χ4v) is 4.05. The van der Waals surface area contributed by atoms with Crippen molar-refractivity contribution in [3.63, 3.8) is 0 Å². The highest BCUT2D eigenvalue weighted by Crippen LogP contribution is 2.32. The molecule has 4 rings (SSSR count). The van der Waals surface area contributed by atoms with Crippen molar-refractivity contribution in [2.75, 3.05) is 26.3 Å². The van der Waals surface area contributed by atoms with Crippen LogP contribution in [-0.4, -0.2) is 37.2 Å². The molecule has 0 fully saturated rings. The van der Waals surface area contributed by atoms with Crippen LogP contribution in [0.1, 0.15) is 47.8 Å². The molecule has 3 aromatic rings. The van der Waals surface area contributed by atoms with Crippen LogP contribution in [0.4, 0.5) is 0 Å². The molecule has 0 spiro atoms. The summed E-state index contributed by atoms with van der Waals surface area (Å²) in [5, 5.41) is 22.9. The quantitative estimate of drug-likeness (QED) is 0.348. The van der Waals surface area contributed by atoms with E-state index in [9.17, 15) is 5.11 Å². The van der Waals surface area contributed by atoms with Gasteiger partial charge in [0.2, 0.25) is 5.79 Å². The Morgan fingerprint density at radius 3 is 2.70 bits per heavy atom. The molecule has 1 unspecified atom stereocenters. The van der Waals surface area contributed by atoms with E-state index >= 15 is 0 Å². The number of hydrogen-bond donors (Lipinski definition) is 2. The molecule has 7 heteroatoms. The van der Waals surface area contributed by atoms with Gasteiger partial charge in [-0.15, -0.1) is 0 Å². The molecule has 2 N–H and O–H groups in total. The first-order valence-corrected chi connectivity index (χ1v) is 12.5. The number of nitrogens with one attached hydrogen (secondary N) is 1. The average Bonchev–Trinajstić information content (AvgIpc) is 2.91. The van der Waals surface area contributed by atoms with E-state index < -0.39 is 11.9 Å². The highest BCUT2D eigenvalue weighted by molar-refractivity contribution is 5.39. The fourth-order valence-electron chi connectivity index (χ4n) is 4.05. The first kappa shape index (κ1) is 26.6. The second kappa shape index (κ2) is 12.7. The Morgan fingerprint density at radius 1 is 1.05 bits per heavy atom. The molecule has 0 aromatic heterocycles. The Bertz CT molecular complexity index is 1200. The van der Waals surface area contributed by atoms with Gasteiger partial charge in [0.1, 0.15) is 18.1 Å². The minimum Gasteiger partial charge on any atom is -0.491 e. The molecule has 0 saturated carbocycles. The predicted molar refractivity (Wildman–Crippen MR) is 140 cm³/mol. The van der Waals surface area contributed by atoms with Gasteiger partial charge in [-0.2, -0.15) is 5.26 Å². The van der Waals surface area contributed by atoms with Gasteiger partial charge in [-0.05, 0) is 66.1 Å². The van der Waals surface area contributed by atoms with Crippen LogP contribution < -0.4 is 14.8 Å². The maximum atomic E-state index is 10.6. The largest absolute Gasteiger partial charge is 0.491 e. The van der Waals surface area contributed by atoms with Gasteiger partial charge in [-0.1, -0.05) is 30.3 Å². The molecule has 7 nitrogen and oxygen atoms in total. The van der Waals surface area contributed by atoms with Gasteiger partial charge >= 0.3 is 0 Å². The van der Waals surface area contributed by atoms with Crippen molar-refractivity contribution in [2.24, 2.45) is 0 Å². The van der Waals surface area contributed by atoms with Gasteiger partial charge in [0.15, 0.2) is 0 Å². The smallest absolute Gasteiger partial charge is 0.205 e. The highest BCUT2D eigenvalue weighted by Gasteiger charge is 2.27. The zero-order valence-corrected chi connectivity index (χ0v) is 21.4. The summed E-state index contributed by atoms with van der Waals surface area (Å²) in [7, 11) is 0. The van der Waals surface area contributed by atoms with Crippen LogP contribution in [0.5, 0.6) is 11.5 Å². The Morgan fingerprint density at radius 2 is 1.89 bits per heavy atom. The molecule has 1 atom stereocenters. The summed E-state index contributed by atoms with van der Waals surface area (Å²) in [6.07, 6.45) is 0.243. The number of fused-ring (bicyclic) bond motifs is 1. The summed E-state index contributed by atoms with van der Waals surface area (Å²) in [6, 6.07) is 23.3. The molecule has 1 heterocycles. The molecule has 0 amide bonds. The molecule has 0 aliphatic carbocycles. The van der Waals surface area contributed by atoms with E-state index in [1.54, 1.807) is 6.07 Å². The normalized spacial score (nSPS) is 14.8. The predicted octanol–water partition coefficient (Wildman–Crippen LogP) is 4.66. The Hall–Kier alpha value is -3.41. The molecule has 0 bridgehead atoms. The number of benzene rings is 3. The van der Waals surface area contributed by atoms with E-state index in [1.807, 2.05) is 74.5 Å². The Kier molecular flexibility index (Phi) is 9.15. The number of aliphatic hydroxyl groups excluding tert-OH is 1. The van der Waals surface area contributed by atoms with Crippen molar-refractivity contribution >= 4 is 0 Å². The van der Waals surface area contributed by atoms with Crippen LogP contribution in [-0.2, 0) is 29.1 Å². The lowest BCUT2D eigenvalue weighted by molar-refractivity contribution is -0.180. The number of rotatable bonds is 12. The number of hydrogen-bond acceptors (Lipinski definition) is 7. The van der Waals surface area contributed by atoms with E-state index in [1.165, 1.54) is 5.56 Å². The van der Waals surface area contributed by atoms with Gasteiger partial charge in [0, 0.05) is 26.0 Å². The van der Waals surface area contributed by atoms with Crippen LogP contribution in [0.3, 0.4) is 0 Å². The lowest BCUT2D eigenvalue weighted by atomic mass is 10.0. The average molecular weight is 503 g/mol. The molecule has 1 aliphatic heterocycles. The molecule has 0 radical (unpaired) electrons. The zero-order chi connectivity index (χ0) is 26.1. The number of ether oxygens (including phenoxy) is 4. The second-order valence-corrected chi connectivity index (χ2v) is 9.48. The summed E-state index contributed by atoms with van der Waals surface area (Å²) >= 11 is 0. The second-order valence-electron chi connectivity index (χ2n) is 9.48. The van der Waals surface area contributed by atoms with Crippen molar-refractivity contribution < 1.29 is 24.1 Å². The zero-order valence-electron chi connectivity index (χ0n) is 21.4. The lowest BCUT2D eigenvalue weighted by Crippen LogP contribution is -2.35. The maximum Gasteiger partial charge on any atom is 0.205 e. The Balaban J connectivity index is 1.11. The van der Waals surface area contributed by atoms with Crippen LogP contribution in [0.2, 0.25) is 0 Å². The third-order valence-corrected chi connectivity index (χ3v) is 6.07. The molecule has 0 saturated heterocycles. The van der Waals surface area contributed by atoms with Crippen molar-refractivity contribution in [3.8, 4) is 17.6 Å². The summed E-state index contributed by atoms with van der Waals surface area (Å²) in [5.41, 5.74) is 4.59. The van der Waals surface area contributed by atoms with Crippen LogP contribution >= 0.6 is 0 Å². The molecule has 194 valence electrons. The van der Waals surface area contributed by atoms with E-state index in [0.717, 1.165) is 41.2 Å². The summed E-state index contributed by atoms with van der Waals surface area (Å²) < 4.78 is 22.9. The summed E-state index contributed by atoms with van der Waals surface area (Å²) in [6.45, 7) is 6.84. The molecular weight excluding hydrogens is 468 g/mol. The van der Waals surface area contributed by atoms with E-state index in [-0.39, 0.29) is 0 Å². The van der Waals surface area contributed by atoms with Gasteiger partial charge in [-0.3, -0.25) is 0 Å². The minimum atomic E-state index is -0.624. The van der Waals surface area contributed by atoms with Crippen LogP contribution in [0.15, 0.2) is 66.7 Å². The highest BCUT2D eigenvalue weighted by atomic mass is 16.7. The van der Waals surface area contributed by atoms with E-state index in [0.29, 0.717) is 38.5 Å². The van der Waals surface area contributed by atoms with Crippen molar-refractivity contribution in [1.82, 2.24) is 5.32 Å². The monoisotopic (exact) mass is 502 g/mol. The third kappa shape index (κ3) is 8.04. The fraction of sp³-hybridized carbons (Fsp3) is 0.367. The van der Waals surface area contributed by atoms with Crippen molar-refractivity contribution in [2.45, 2.75) is 45.4 Å². The SMILES string of the molecule is CC1(C)OCc2cc(C(O)CNCCc3ccc(OCCOCc4cccc(C#N)c4)cc3)ccc2O1. The molecular formula is C30H34N2O5.